The highest BCUT2D eigenvalue weighted by atomic mass is 19.1. The molecule has 0 aliphatic carbocycles. The normalized spacial score (nSPS) is 10.4. The molecule has 0 spiro atoms. The van der Waals surface area contributed by atoms with Gasteiger partial charge in [-0.25, -0.2) is 4.39 Å². The monoisotopic (exact) mass is 226 g/mol. The maximum atomic E-state index is 13.0. The highest BCUT2D eigenvalue weighted by Crippen LogP contribution is 2.18. The van der Waals surface area contributed by atoms with Crippen LogP contribution in [0.1, 0.15) is 12.5 Å². The number of likely N-dealkylation sites (N-methyl/N-ethyl adjacent to an activating group) is 1. The molecule has 1 rings (SSSR count). The van der Waals surface area contributed by atoms with E-state index in [-0.39, 0.29) is 5.82 Å². The van der Waals surface area contributed by atoms with Crippen LogP contribution in [0.25, 0.3) is 0 Å². The maximum absolute atomic E-state index is 13.0. The summed E-state index contributed by atoms with van der Waals surface area (Å²) in [5.41, 5.74) is 0.846. The van der Waals surface area contributed by atoms with Crippen molar-refractivity contribution in [2.45, 2.75) is 13.5 Å². The van der Waals surface area contributed by atoms with Gasteiger partial charge in [0.1, 0.15) is 11.6 Å². The van der Waals surface area contributed by atoms with Gasteiger partial charge in [-0.15, -0.1) is 0 Å². The molecule has 0 radical (unpaired) electrons. The highest BCUT2D eigenvalue weighted by Gasteiger charge is 2.03. The van der Waals surface area contributed by atoms with Gasteiger partial charge in [0.05, 0.1) is 7.11 Å². The summed E-state index contributed by atoms with van der Waals surface area (Å²) in [5.74, 6) is 0.488. The Hall–Kier alpha value is -1.13. The third kappa shape index (κ3) is 4.16. The van der Waals surface area contributed by atoms with Crippen molar-refractivity contribution in [3.63, 3.8) is 0 Å². The number of nitrogens with one attached hydrogen (secondary N) is 2. The highest BCUT2D eigenvalue weighted by molar-refractivity contribution is 5.33. The number of methoxy groups -OCH3 is 1. The standard InChI is InChI=1S/C12H19FN2O/c1-3-14-6-7-15-9-10-8-11(13)4-5-12(10)16-2/h4-5,8,14-15H,3,6-7,9H2,1-2H3. The van der Waals surface area contributed by atoms with E-state index < -0.39 is 0 Å². The number of halogens is 1. The summed E-state index contributed by atoms with van der Waals surface area (Å²) in [7, 11) is 1.59. The van der Waals surface area contributed by atoms with E-state index in [0.717, 1.165) is 30.9 Å². The maximum Gasteiger partial charge on any atom is 0.123 e. The van der Waals surface area contributed by atoms with Crippen molar-refractivity contribution in [2.75, 3.05) is 26.7 Å². The Kier molecular flexibility index (Phi) is 5.82. The lowest BCUT2D eigenvalue weighted by Gasteiger charge is -2.09. The van der Waals surface area contributed by atoms with Crippen LogP contribution in [0.4, 0.5) is 4.39 Å². The average Bonchev–Trinajstić information content (AvgIpc) is 2.29. The van der Waals surface area contributed by atoms with E-state index in [1.54, 1.807) is 13.2 Å². The van der Waals surface area contributed by atoms with Gasteiger partial charge in [0.25, 0.3) is 0 Å². The first-order valence-corrected chi connectivity index (χ1v) is 5.51. The second-order valence-corrected chi connectivity index (χ2v) is 3.49. The van der Waals surface area contributed by atoms with Gasteiger partial charge < -0.3 is 15.4 Å². The molecule has 0 heterocycles. The van der Waals surface area contributed by atoms with E-state index >= 15 is 0 Å². The summed E-state index contributed by atoms with van der Waals surface area (Å²) >= 11 is 0. The van der Waals surface area contributed by atoms with E-state index in [0.29, 0.717) is 6.54 Å². The first kappa shape index (κ1) is 12.9. The molecule has 4 heteroatoms. The summed E-state index contributed by atoms with van der Waals surface area (Å²) < 4.78 is 18.2. The van der Waals surface area contributed by atoms with Crippen LogP contribution in [-0.4, -0.2) is 26.7 Å². The van der Waals surface area contributed by atoms with Gasteiger partial charge >= 0.3 is 0 Å². The van der Waals surface area contributed by atoms with Gasteiger partial charge in [0.15, 0.2) is 0 Å². The molecule has 2 N–H and O–H groups in total. The second kappa shape index (κ2) is 7.19. The van der Waals surface area contributed by atoms with Crippen LogP contribution in [0, 0.1) is 5.82 Å². The molecule has 0 aliphatic rings. The summed E-state index contributed by atoms with van der Waals surface area (Å²) in [6, 6.07) is 4.55. The summed E-state index contributed by atoms with van der Waals surface area (Å²) in [4.78, 5) is 0. The Morgan fingerprint density at radius 2 is 2.00 bits per heavy atom. The van der Waals surface area contributed by atoms with Crippen LogP contribution in [-0.2, 0) is 6.54 Å². The van der Waals surface area contributed by atoms with E-state index in [1.165, 1.54) is 12.1 Å². The molecule has 0 saturated carbocycles. The predicted molar refractivity (Wildman–Crippen MR) is 63.2 cm³/mol. The molecular formula is C12H19FN2O. The summed E-state index contributed by atoms with van der Waals surface area (Å²) in [6.07, 6.45) is 0. The smallest absolute Gasteiger partial charge is 0.123 e. The Labute approximate surface area is 96.0 Å². The molecule has 0 saturated heterocycles. The van der Waals surface area contributed by atoms with Gasteiger partial charge in [0, 0.05) is 25.2 Å². The number of rotatable bonds is 7. The molecule has 0 bridgehead atoms. The third-order valence-electron chi connectivity index (χ3n) is 2.29. The van der Waals surface area contributed by atoms with Crippen molar-refractivity contribution < 1.29 is 9.13 Å². The van der Waals surface area contributed by atoms with Crippen LogP contribution in [0.3, 0.4) is 0 Å². The van der Waals surface area contributed by atoms with Crippen LogP contribution >= 0.6 is 0 Å². The lowest BCUT2D eigenvalue weighted by molar-refractivity contribution is 0.406. The number of hydrogen-bond donors (Lipinski definition) is 2. The molecule has 3 nitrogen and oxygen atoms in total. The third-order valence-corrected chi connectivity index (χ3v) is 2.29. The van der Waals surface area contributed by atoms with Gasteiger partial charge in [-0.05, 0) is 24.7 Å². The predicted octanol–water partition coefficient (Wildman–Crippen LogP) is 1.53. The molecule has 90 valence electrons. The Morgan fingerprint density at radius 3 is 2.69 bits per heavy atom. The number of hydrogen-bond acceptors (Lipinski definition) is 3. The van der Waals surface area contributed by atoms with Crippen molar-refractivity contribution >= 4 is 0 Å². The zero-order chi connectivity index (χ0) is 11.8. The molecule has 0 amide bonds. The lowest BCUT2D eigenvalue weighted by Crippen LogP contribution is -2.26. The van der Waals surface area contributed by atoms with Crippen molar-refractivity contribution in [2.24, 2.45) is 0 Å². The van der Waals surface area contributed by atoms with Crippen LogP contribution in [0.5, 0.6) is 5.75 Å². The van der Waals surface area contributed by atoms with Gasteiger partial charge in [-0.3, -0.25) is 0 Å². The van der Waals surface area contributed by atoms with Crippen LogP contribution in [0.15, 0.2) is 18.2 Å². The fourth-order valence-corrected chi connectivity index (χ4v) is 1.46. The minimum atomic E-state index is -0.232. The molecule has 0 aliphatic heterocycles. The SMILES string of the molecule is CCNCCNCc1cc(F)ccc1OC. The van der Waals surface area contributed by atoms with Crippen molar-refractivity contribution in [3.8, 4) is 5.75 Å². The fraction of sp³-hybridized carbons (Fsp3) is 0.500. The molecule has 0 unspecified atom stereocenters. The number of benzene rings is 1. The van der Waals surface area contributed by atoms with E-state index in [1.807, 2.05) is 0 Å². The largest absolute Gasteiger partial charge is 0.496 e. The first-order valence-electron chi connectivity index (χ1n) is 5.51. The summed E-state index contributed by atoms with van der Waals surface area (Å²) in [6.45, 7) is 5.41. The Bertz CT molecular complexity index is 318. The van der Waals surface area contributed by atoms with Crippen molar-refractivity contribution in [1.29, 1.82) is 0 Å². The molecule has 1 aromatic carbocycles. The van der Waals surface area contributed by atoms with Crippen LogP contribution < -0.4 is 15.4 Å². The van der Waals surface area contributed by atoms with Crippen molar-refractivity contribution in [1.82, 2.24) is 10.6 Å². The zero-order valence-electron chi connectivity index (χ0n) is 9.85. The molecule has 0 aromatic heterocycles. The van der Waals surface area contributed by atoms with Gasteiger partial charge in [-0.1, -0.05) is 6.92 Å². The van der Waals surface area contributed by atoms with Crippen molar-refractivity contribution in [3.05, 3.63) is 29.6 Å². The Morgan fingerprint density at radius 1 is 1.25 bits per heavy atom. The Balaban J connectivity index is 2.42. The fourth-order valence-electron chi connectivity index (χ4n) is 1.46. The summed E-state index contributed by atoms with van der Waals surface area (Å²) in [5, 5.41) is 6.44. The van der Waals surface area contributed by atoms with Gasteiger partial charge in [-0.2, -0.15) is 0 Å². The lowest BCUT2D eigenvalue weighted by atomic mass is 10.2. The number of ether oxygens (including phenoxy) is 1. The average molecular weight is 226 g/mol. The minimum absolute atomic E-state index is 0.232. The minimum Gasteiger partial charge on any atom is -0.496 e. The van der Waals surface area contributed by atoms with Gasteiger partial charge in [0.2, 0.25) is 0 Å². The molecular weight excluding hydrogens is 207 g/mol. The zero-order valence-corrected chi connectivity index (χ0v) is 9.85. The molecule has 0 fully saturated rings. The van der Waals surface area contributed by atoms with Crippen LogP contribution in [0.2, 0.25) is 0 Å². The quantitative estimate of drug-likeness (QED) is 0.692. The second-order valence-electron chi connectivity index (χ2n) is 3.49. The van der Waals surface area contributed by atoms with E-state index in [4.69, 9.17) is 4.74 Å². The van der Waals surface area contributed by atoms with E-state index in [9.17, 15) is 4.39 Å². The molecule has 1 aromatic rings. The topological polar surface area (TPSA) is 33.3 Å². The van der Waals surface area contributed by atoms with E-state index in [2.05, 4.69) is 17.6 Å². The molecule has 0 atom stereocenters. The molecule has 16 heavy (non-hydrogen) atoms. The first-order chi connectivity index (χ1) is 7.77.